The molecule has 212 valence electrons. The predicted octanol–water partition coefficient (Wildman–Crippen LogP) is -0.278. The molecule has 0 unspecified atom stereocenters. The van der Waals surface area contributed by atoms with Gasteiger partial charge in [0.1, 0.15) is 0 Å². The molecule has 2 amide bonds. The molecule has 0 saturated carbocycles. The van der Waals surface area contributed by atoms with Gasteiger partial charge in [-0.05, 0) is 37.3 Å². The number of rotatable bonds is 6. The van der Waals surface area contributed by atoms with Gasteiger partial charge in [-0.2, -0.15) is 0 Å². The smallest absolute Gasteiger partial charge is 0.270 e. The maximum atomic E-state index is 13.4. The van der Waals surface area contributed by atoms with Crippen LogP contribution in [0.25, 0.3) is 0 Å². The molecular weight excluding hydrogens is 504 g/mol. The monoisotopic (exact) mass is 542 g/mol. The van der Waals surface area contributed by atoms with Crippen molar-refractivity contribution in [2.75, 3.05) is 52.4 Å². The normalized spacial score (nSPS) is 19.5. The number of likely N-dealkylation sites (tertiary alicyclic amines) is 2. The molecule has 7 N–H and O–H groups in total. The van der Waals surface area contributed by atoms with Crippen LogP contribution in [-0.4, -0.2) is 107 Å². The van der Waals surface area contributed by atoms with Crippen molar-refractivity contribution in [2.45, 2.75) is 38.3 Å². The van der Waals surface area contributed by atoms with Crippen molar-refractivity contribution in [3.8, 4) is 0 Å². The van der Waals surface area contributed by atoms with E-state index in [1.54, 1.807) is 20.8 Å². The Bertz CT molecular complexity index is 1110. The predicted molar refractivity (Wildman–Crippen MR) is 146 cm³/mol. The first-order valence-corrected chi connectivity index (χ1v) is 13.4. The molecule has 3 heterocycles. The lowest BCUT2D eigenvalue weighted by Gasteiger charge is -2.38. The zero-order valence-corrected chi connectivity index (χ0v) is 22.1. The lowest BCUT2D eigenvalue weighted by molar-refractivity contribution is -0.385. The van der Waals surface area contributed by atoms with E-state index in [-0.39, 0.29) is 46.9 Å². The SMILES string of the molecule is N=C(N)N1CCC(C(=O)N2CCN(C(=O)c3cc(CN4CCC(N=C(N)N)CC4)cc([N+](=O)[O-])c3)CC2)CC1. The summed E-state index contributed by atoms with van der Waals surface area (Å²) in [7, 11) is 0. The zero-order chi connectivity index (χ0) is 28.1. The van der Waals surface area contributed by atoms with E-state index in [4.69, 9.17) is 22.6 Å². The summed E-state index contributed by atoms with van der Waals surface area (Å²) >= 11 is 0. The van der Waals surface area contributed by atoms with Gasteiger partial charge in [0.25, 0.3) is 11.6 Å². The number of aliphatic imine (C=N–C) groups is 1. The third-order valence-electron chi connectivity index (χ3n) is 7.79. The van der Waals surface area contributed by atoms with E-state index in [9.17, 15) is 19.7 Å². The minimum absolute atomic E-state index is 0.0322. The van der Waals surface area contributed by atoms with Crippen molar-refractivity contribution >= 4 is 29.4 Å². The highest BCUT2D eigenvalue weighted by Crippen LogP contribution is 2.24. The molecule has 3 saturated heterocycles. The van der Waals surface area contributed by atoms with Crippen LogP contribution in [0.1, 0.15) is 41.6 Å². The minimum atomic E-state index is -0.473. The topological polar surface area (TPSA) is 205 Å². The number of piperazine rings is 1. The van der Waals surface area contributed by atoms with Crippen molar-refractivity contribution in [3.05, 3.63) is 39.4 Å². The molecule has 0 atom stereocenters. The van der Waals surface area contributed by atoms with Crippen molar-refractivity contribution in [3.63, 3.8) is 0 Å². The van der Waals surface area contributed by atoms with Gasteiger partial charge < -0.3 is 31.9 Å². The number of amides is 2. The molecule has 0 aromatic heterocycles. The van der Waals surface area contributed by atoms with Crippen LogP contribution in [0, 0.1) is 21.4 Å². The third kappa shape index (κ3) is 7.13. The summed E-state index contributed by atoms with van der Waals surface area (Å²) in [5.41, 5.74) is 17.4. The van der Waals surface area contributed by atoms with Crippen LogP contribution in [-0.2, 0) is 11.3 Å². The van der Waals surface area contributed by atoms with Crippen molar-refractivity contribution in [1.29, 1.82) is 5.41 Å². The van der Waals surface area contributed by atoms with E-state index in [1.807, 2.05) is 0 Å². The molecule has 0 spiro atoms. The summed E-state index contributed by atoms with van der Waals surface area (Å²) in [4.78, 5) is 49.2. The highest BCUT2D eigenvalue weighted by Gasteiger charge is 2.32. The van der Waals surface area contributed by atoms with Gasteiger partial charge in [0, 0.05) is 82.5 Å². The van der Waals surface area contributed by atoms with Gasteiger partial charge in [-0.25, -0.2) is 0 Å². The first-order valence-electron chi connectivity index (χ1n) is 13.4. The van der Waals surface area contributed by atoms with Gasteiger partial charge in [-0.1, -0.05) is 0 Å². The van der Waals surface area contributed by atoms with Crippen molar-refractivity contribution in [1.82, 2.24) is 19.6 Å². The van der Waals surface area contributed by atoms with Gasteiger partial charge in [0.05, 0.1) is 11.0 Å². The Morgan fingerprint density at radius 3 is 2.08 bits per heavy atom. The number of nitrogens with one attached hydrogen (secondary N) is 1. The van der Waals surface area contributed by atoms with Crippen LogP contribution in [0.3, 0.4) is 0 Å². The van der Waals surface area contributed by atoms with Crippen molar-refractivity contribution in [2.24, 2.45) is 28.1 Å². The fourth-order valence-corrected chi connectivity index (χ4v) is 5.61. The Balaban J connectivity index is 1.35. The number of hydrogen-bond donors (Lipinski definition) is 4. The number of carbonyl (C=O) groups is 2. The molecule has 0 radical (unpaired) electrons. The summed E-state index contributed by atoms with van der Waals surface area (Å²) in [5.74, 6) is -0.188. The first kappa shape index (κ1) is 28.1. The van der Waals surface area contributed by atoms with Gasteiger partial charge in [-0.15, -0.1) is 0 Å². The Morgan fingerprint density at radius 1 is 0.897 bits per heavy atom. The number of piperidine rings is 2. The molecule has 0 bridgehead atoms. The van der Waals surface area contributed by atoms with Crippen LogP contribution in [0.15, 0.2) is 23.2 Å². The Morgan fingerprint density at radius 2 is 1.51 bits per heavy atom. The van der Waals surface area contributed by atoms with Gasteiger partial charge in [0.2, 0.25) is 5.91 Å². The molecule has 39 heavy (non-hydrogen) atoms. The van der Waals surface area contributed by atoms with Crippen LogP contribution in [0.5, 0.6) is 0 Å². The number of nitrogens with two attached hydrogens (primary N) is 3. The highest BCUT2D eigenvalue weighted by atomic mass is 16.6. The molecule has 4 rings (SSSR count). The van der Waals surface area contributed by atoms with Gasteiger partial charge in [0.15, 0.2) is 11.9 Å². The second kappa shape index (κ2) is 12.3. The number of guanidine groups is 2. The lowest BCUT2D eigenvalue weighted by Crippen LogP contribution is -2.53. The van der Waals surface area contributed by atoms with E-state index in [0.717, 1.165) is 25.9 Å². The average Bonchev–Trinajstić information content (AvgIpc) is 2.93. The number of nitrogens with zero attached hydrogens (tertiary/aromatic N) is 6. The second-order valence-electron chi connectivity index (χ2n) is 10.5. The molecule has 0 aliphatic carbocycles. The Labute approximate surface area is 227 Å². The number of benzene rings is 1. The molecule has 3 fully saturated rings. The Hall–Kier alpha value is -3.94. The fourth-order valence-electron chi connectivity index (χ4n) is 5.61. The van der Waals surface area contributed by atoms with E-state index in [2.05, 4.69) is 9.89 Å². The summed E-state index contributed by atoms with van der Waals surface area (Å²) in [6.45, 7) is 4.74. The maximum Gasteiger partial charge on any atom is 0.270 e. The van der Waals surface area contributed by atoms with E-state index < -0.39 is 4.92 Å². The number of carbonyl (C=O) groups excluding carboxylic acids is 2. The standard InChI is InChI=1S/C25H38N10O4/c26-24(27)30-20-3-5-31(6-4-20)16-17-13-19(15-21(14-17)35(38)39)23(37)33-11-9-32(10-12-33)22(36)18-1-7-34(8-2-18)25(28)29/h13-15,18,20H,1-12,16H2,(H3,28,29)(H4,26,27,30). The number of nitro benzene ring substituents is 1. The van der Waals surface area contributed by atoms with Crippen LogP contribution < -0.4 is 17.2 Å². The van der Waals surface area contributed by atoms with Crippen LogP contribution >= 0.6 is 0 Å². The molecule has 14 heteroatoms. The first-order chi connectivity index (χ1) is 18.6. The Kier molecular flexibility index (Phi) is 8.84. The zero-order valence-electron chi connectivity index (χ0n) is 22.1. The molecular formula is C25H38N10O4. The van der Waals surface area contributed by atoms with E-state index in [1.165, 1.54) is 12.1 Å². The molecule has 3 aliphatic heterocycles. The molecule has 1 aromatic carbocycles. The second-order valence-corrected chi connectivity index (χ2v) is 10.5. The average molecular weight is 543 g/mol. The summed E-state index contributed by atoms with van der Waals surface area (Å²) in [6, 6.07) is 4.66. The number of nitro groups is 1. The minimum Gasteiger partial charge on any atom is -0.370 e. The fraction of sp³-hybridized carbons (Fsp3) is 0.600. The molecule has 14 nitrogen and oxygen atoms in total. The van der Waals surface area contributed by atoms with E-state index >= 15 is 0 Å². The van der Waals surface area contributed by atoms with Crippen LogP contribution in [0.2, 0.25) is 0 Å². The largest absolute Gasteiger partial charge is 0.370 e. The maximum absolute atomic E-state index is 13.4. The highest BCUT2D eigenvalue weighted by molar-refractivity contribution is 5.95. The molecule has 3 aliphatic rings. The van der Waals surface area contributed by atoms with Gasteiger partial charge >= 0.3 is 0 Å². The summed E-state index contributed by atoms with van der Waals surface area (Å²) < 4.78 is 0. The third-order valence-corrected chi connectivity index (χ3v) is 7.79. The lowest BCUT2D eigenvalue weighted by atomic mass is 9.95. The number of hydrogen-bond acceptors (Lipinski definition) is 7. The molecule has 1 aromatic rings. The van der Waals surface area contributed by atoms with Gasteiger partial charge in [-0.3, -0.25) is 35.0 Å². The quantitative estimate of drug-likeness (QED) is 0.161. The number of non-ortho nitro benzene ring substituents is 1. The van der Waals surface area contributed by atoms with E-state index in [0.29, 0.717) is 64.2 Å². The van der Waals surface area contributed by atoms with Crippen LogP contribution in [0.4, 0.5) is 5.69 Å². The van der Waals surface area contributed by atoms with Crippen molar-refractivity contribution < 1.29 is 14.5 Å². The summed E-state index contributed by atoms with van der Waals surface area (Å²) in [6.07, 6.45) is 2.88. The summed E-state index contributed by atoms with van der Waals surface area (Å²) in [5, 5.41) is 19.2.